The Labute approximate surface area is 135 Å². The SMILES string of the molecule is CCCC(C)c1ccc(Oc2nc(O)c3ccncc3n2)cc1. The number of hydrogen-bond acceptors (Lipinski definition) is 5. The van der Waals surface area contributed by atoms with Gasteiger partial charge in [-0.15, -0.1) is 0 Å². The van der Waals surface area contributed by atoms with Crippen molar-refractivity contribution in [3.63, 3.8) is 0 Å². The molecule has 0 saturated heterocycles. The minimum atomic E-state index is -0.111. The summed E-state index contributed by atoms with van der Waals surface area (Å²) >= 11 is 0. The van der Waals surface area contributed by atoms with Crippen molar-refractivity contribution in [1.29, 1.82) is 0 Å². The molecule has 3 rings (SSSR count). The zero-order chi connectivity index (χ0) is 16.2. The van der Waals surface area contributed by atoms with Gasteiger partial charge in [-0.2, -0.15) is 9.97 Å². The van der Waals surface area contributed by atoms with Crippen LogP contribution in [-0.2, 0) is 0 Å². The van der Waals surface area contributed by atoms with Gasteiger partial charge in [0.1, 0.15) is 5.75 Å². The summed E-state index contributed by atoms with van der Waals surface area (Å²) in [7, 11) is 0. The number of fused-ring (bicyclic) bond motifs is 1. The number of rotatable bonds is 5. The van der Waals surface area contributed by atoms with Crippen LogP contribution in [0.5, 0.6) is 17.6 Å². The summed E-state index contributed by atoms with van der Waals surface area (Å²) in [5.41, 5.74) is 1.83. The third-order valence-corrected chi connectivity index (χ3v) is 3.84. The van der Waals surface area contributed by atoms with Crippen LogP contribution in [0.4, 0.5) is 0 Å². The fourth-order valence-electron chi connectivity index (χ4n) is 2.56. The third kappa shape index (κ3) is 3.39. The fourth-order valence-corrected chi connectivity index (χ4v) is 2.56. The number of nitrogens with zero attached hydrogens (tertiary/aromatic N) is 3. The quantitative estimate of drug-likeness (QED) is 0.755. The zero-order valence-electron chi connectivity index (χ0n) is 13.2. The van der Waals surface area contributed by atoms with Gasteiger partial charge in [-0.05, 0) is 36.1 Å². The van der Waals surface area contributed by atoms with Crippen molar-refractivity contribution >= 4 is 10.9 Å². The van der Waals surface area contributed by atoms with E-state index >= 15 is 0 Å². The smallest absolute Gasteiger partial charge is 0.325 e. The van der Waals surface area contributed by atoms with E-state index in [4.69, 9.17) is 4.74 Å². The van der Waals surface area contributed by atoms with Gasteiger partial charge in [0.05, 0.1) is 17.1 Å². The van der Waals surface area contributed by atoms with Gasteiger partial charge in [-0.25, -0.2) is 0 Å². The second-order valence-electron chi connectivity index (χ2n) is 5.58. The van der Waals surface area contributed by atoms with E-state index in [1.54, 1.807) is 18.5 Å². The maximum atomic E-state index is 9.95. The number of benzene rings is 1. The molecule has 1 N–H and O–H groups in total. The Kier molecular flexibility index (Phi) is 4.37. The van der Waals surface area contributed by atoms with Crippen molar-refractivity contribution in [2.24, 2.45) is 0 Å². The Morgan fingerprint density at radius 3 is 2.65 bits per heavy atom. The van der Waals surface area contributed by atoms with Gasteiger partial charge in [-0.1, -0.05) is 32.4 Å². The maximum absolute atomic E-state index is 9.95. The second kappa shape index (κ2) is 6.60. The van der Waals surface area contributed by atoms with Crippen molar-refractivity contribution in [2.45, 2.75) is 32.6 Å². The summed E-state index contributed by atoms with van der Waals surface area (Å²) in [5.74, 6) is 1.06. The molecule has 1 aromatic carbocycles. The molecule has 0 bridgehead atoms. The maximum Gasteiger partial charge on any atom is 0.325 e. The van der Waals surface area contributed by atoms with Crippen molar-refractivity contribution in [1.82, 2.24) is 15.0 Å². The lowest BCUT2D eigenvalue weighted by Gasteiger charge is -2.11. The summed E-state index contributed by atoms with van der Waals surface area (Å²) < 4.78 is 5.65. The van der Waals surface area contributed by atoms with Crippen LogP contribution in [0, 0.1) is 0 Å². The molecule has 118 valence electrons. The summed E-state index contributed by atoms with van der Waals surface area (Å²) in [4.78, 5) is 12.2. The molecule has 2 heterocycles. The first-order chi connectivity index (χ1) is 11.2. The molecule has 0 fully saturated rings. The largest absolute Gasteiger partial charge is 0.493 e. The fraction of sp³-hybridized carbons (Fsp3) is 0.278. The van der Waals surface area contributed by atoms with E-state index in [0.717, 1.165) is 12.8 Å². The molecule has 0 spiro atoms. The van der Waals surface area contributed by atoms with Crippen molar-refractivity contribution in [3.05, 3.63) is 48.3 Å². The molecule has 0 aliphatic carbocycles. The molecule has 0 aliphatic rings. The standard InChI is InChI=1S/C18H19N3O2/c1-3-4-12(2)13-5-7-14(8-6-13)23-18-20-16-11-19-10-9-15(16)17(22)21-18/h5-12H,3-4H2,1-2H3,(H,20,21,22). The van der Waals surface area contributed by atoms with Crippen LogP contribution in [0.25, 0.3) is 10.9 Å². The topological polar surface area (TPSA) is 68.1 Å². The van der Waals surface area contributed by atoms with E-state index < -0.39 is 0 Å². The Balaban J connectivity index is 1.82. The number of hydrogen-bond donors (Lipinski definition) is 1. The van der Waals surface area contributed by atoms with Crippen LogP contribution in [0.2, 0.25) is 0 Å². The molecule has 1 unspecified atom stereocenters. The third-order valence-electron chi connectivity index (χ3n) is 3.84. The van der Waals surface area contributed by atoms with Gasteiger partial charge in [-0.3, -0.25) is 4.98 Å². The first-order valence-corrected chi connectivity index (χ1v) is 7.76. The molecule has 2 aromatic heterocycles. The van der Waals surface area contributed by atoms with Crippen LogP contribution in [0.3, 0.4) is 0 Å². The molecule has 0 amide bonds. The summed E-state index contributed by atoms with van der Waals surface area (Å²) in [6.07, 6.45) is 5.48. The monoisotopic (exact) mass is 309 g/mol. The molecule has 5 heteroatoms. The zero-order valence-corrected chi connectivity index (χ0v) is 13.2. The van der Waals surface area contributed by atoms with Crippen LogP contribution >= 0.6 is 0 Å². The van der Waals surface area contributed by atoms with Crippen LogP contribution < -0.4 is 4.74 Å². The number of aromatic hydroxyl groups is 1. The Bertz CT molecular complexity index is 803. The highest BCUT2D eigenvalue weighted by Crippen LogP contribution is 2.27. The summed E-state index contributed by atoms with van der Waals surface area (Å²) in [5, 5.41) is 10.5. The first-order valence-electron chi connectivity index (χ1n) is 7.76. The molecule has 5 nitrogen and oxygen atoms in total. The van der Waals surface area contributed by atoms with E-state index in [9.17, 15) is 5.11 Å². The molecular formula is C18H19N3O2. The average Bonchev–Trinajstić information content (AvgIpc) is 2.56. The van der Waals surface area contributed by atoms with Crippen molar-refractivity contribution in [3.8, 4) is 17.6 Å². The van der Waals surface area contributed by atoms with Crippen LogP contribution in [-0.4, -0.2) is 20.1 Å². The van der Waals surface area contributed by atoms with Crippen LogP contribution in [0.1, 0.15) is 38.2 Å². The molecule has 0 aliphatic heterocycles. The van der Waals surface area contributed by atoms with E-state index in [0.29, 0.717) is 22.6 Å². The minimum Gasteiger partial charge on any atom is -0.493 e. The molecular weight excluding hydrogens is 290 g/mol. The average molecular weight is 309 g/mol. The lowest BCUT2D eigenvalue weighted by atomic mass is 9.97. The normalized spacial score (nSPS) is 12.3. The van der Waals surface area contributed by atoms with E-state index in [1.165, 1.54) is 5.56 Å². The lowest BCUT2D eigenvalue weighted by Crippen LogP contribution is -1.95. The predicted octanol–water partition coefficient (Wildman–Crippen LogP) is 4.43. The molecule has 23 heavy (non-hydrogen) atoms. The second-order valence-corrected chi connectivity index (χ2v) is 5.58. The minimum absolute atomic E-state index is 0.109. The highest BCUT2D eigenvalue weighted by atomic mass is 16.5. The molecule has 3 aromatic rings. The van der Waals surface area contributed by atoms with Gasteiger partial charge in [0, 0.05) is 6.20 Å². The molecule has 0 saturated carbocycles. The van der Waals surface area contributed by atoms with Gasteiger partial charge in [0.2, 0.25) is 5.88 Å². The number of aromatic nitrogens is 3. The van der Waals surface area contributed by atoms with E-state index in [2.05, 4.69) is 40.9 Å². The highest BCUT2D eigenvalue weighted by molar-refractivity contribution is 5.82. The van der Waals surface area contributed by atoms with E-state index in [-0.39, 0.29) is 11.9 Å². The van der Waals surface area contributed by atoms with Gasteiger partial charge >= 0.3 is 6.01 Å². The van der Waals surface area contributed by atoms with Gasteiger partial charge in [0.25, 0.3) is 0 Å². The highest BCUT2D eigenvalue weighted by Gasteiger charge is 2.09. The van der Waals surface area contributed by atoms with Crippen LogP contribution in [0.15, 0.2) is 42.7 Å². The Hall–Kier alpha value is -2.69. The number of pyridine rings is 1. The first kappa shape index (κ1) is 15.2. The van der Waals surface area contributed by atoms with Crippen molar-refractivity contribution < 1.29 is 9.84 Å². The predicted molar refractivity (Wildman–Crippen MR) is 88.8 cm³/mol. The number of ether oxygens (including phenoxy) is 1. The van der Waals surface area contributed by atoms with E-state index in [1.807, 2.05) is 12.1 Å². The summed E-state index contributed by atoms with van der Waals surface area (Å²) in [6.45, 7) is 4.41. The van der Waals surface area contributed by atoms with Gasteiger partial charge < -0.3 is 9.84 Å². The van der Waals surface area contributed by atoms with Crippen molar-refractivity contribution in [2.75, 3.05) is 0 Å². The molecule has 0 radical (unpaired) electrons. The summed E-state index contributed by atoms with van der Waals surface area (Å²) in [6, 6.07) is 9.68. The Morgan fingerprint density at radius 1 is 1.13 bits per heavy atom. The molecule has 1 atom stereocenters. The van der Waals surface area contributed by atoms with Gasteiger partial charge in [0.15, 0.2) is 0 Å². The lowest BCUT2D eigenvalue weighted by molar-refractivity contribution is 0.412. The Morgan fingerprint density at radius 2 is 1.91 bits per heavy atom.